The lowest BCUT2D eigenvalue weighted by molar-refractivity contribution is 0.118. The summed E-state index contributed by atoms with van der Waals surface area (Å²) >= 11 is 6.41. The number of aryl methyl sites for hydroxylation is 3. The molecule has 0 aliphatic carbocycles. The Bertz CT molecular complexity index is 791. The van der Waals surface area contributed by atoms with Crippen molar-refractivity contribution in [3.63, 3.8) is 0 Å². The van der Waals surface area contributed by atoms with E-state index in [1.54, 1.807) is 13.2 Å². The van der Waals surface area contributed by atoms with Crippen molar-refractivity contribution in [3.05, 3.63) is 39.6 Å². The molecule has 0 unspecified atom stereocenters. The Morgan fingerprint density at radius 1 is 1.33 bits per heavy atom. The molecular weight excluding hydrogens is 326 g/mol. The van der Waals surface area contributed by atoms with Crippen molar-refractivity contribution in [2.75, 3.05) is 18.6 Å². The molecule has 1 aliphatic rings. The van der Waals surface area contributed by atoms with Gasteiger partial charge in [0.1, 0.15) is 17.7 Å². The minimum atomic E-state index is 0.0136. The second-order valence-electron chi connectivity index (χ2n) is 6.13. The molecule has 2 aromatic rings. The summed E-state index contributed by atoms with van der Waals surface area (Å²) in [5, 5.41) is 9.62. The molecule has 0 saturated carbocycles. The lowest BCUT2D eigenvalue weighted by Crippen LogP contribution is -2.27. The molecule has 2 aromatic heterocycles. The molecule has 1 N–H and O–H groups in total. The maximum Gasteiger partial charge on any atom is 0.148 e. The number of nitrogens with one attached hydrogen (secondary N) is 1. The van der Waals surface area contributed by atoms with Gasteiger partial charge in [0.25, 0.3) is 0 Å². The van der Waals surface area contributed by atoms with E-state index in [0.717, 1.165) is 23.6 Å². The fraction of sp³-hybridized carbons (Fsp3) is 0.471. The van der Waals surface area contributed by atoms with Gasteiger partial charge in [-0.15, -0.1) is 0 Å². The highest BCUT2D eigenvalue weighted by atomic mass is 35.5. The minimum Gasteiger partial charge on any atom is -0.380 e. The topological polar surface area (TPSA) is 77.8 Å². The van der Waals surface area contributed by atoms with Gasteiger partial charge in [-0.05, 0) is 26.8 Å². The van der Waals surface area contributed by atoms with E-state index in [9.17, 15) is 0 Å². The fourth-order valence-corrected chi connectivity index (χ4v) is 3.34. The molecule has 7 heteroatoms. The number of halogens is 1. The second-order valence-corrected chi connectivity index (χ2v) is 6.54. The Kier molecular flexibility index (Phi) is 4.48. The van der Waals surface area contributed by atoms with Gasteiger partial charge in [-0.3, -0.25) is 0 Å². The predicted octanol–water partition coefficient (Wildman–Crippen LogP) is 3.22. The Balaban J connectivity index is 2.04. The lowest BCUT2D eigenvalue weighted by Gasteiger charge is -2.25. The van der Waals surface area contributed by atoms with Crippen molar-refractivity contribution in [1.29, 1.82) is 5.26 Å². The molecule has 6 nitrogen and oxygen atoms in total. The first-order valence-electron chi connectivity index (χ1n) is 7.84. The van der Waals surface area contributed by atoms with Crippen LogP contribution in [-0.2, 0) is 4.74 Å². The van der Waals surface area contributed by atoms with Crippen LogP contribution in [0.3, 0.4) is 0 Å². The number of imidazole rings is 1. The number of anilines is 1. The first-order chi connectivity index (χ1) is 11.4. The van der Waals surface area contributed by atoms with Gasteiger partial charge in [-0.1, -0.05) is 11.6 Å². The molecule has 1 aliphatic heterocycles. The monoisotopic (exact) mass is 345 g/mol. The van der Waals surface area contributed by atoms with Crippen LogP contribution in [0, 0.1) is 32.1 Å². The number of rotatable bonds is 3. The Morgan fingerprint density at radius 2 is 2.08 bits per heavy atom. The van der Waals surface area contributed by atoms with E-state index in [-0.39, 0.29) is 12.1 Å². The van der Waals surface area contributed by atoms with Gasteiger partial charge in [0.05, 0.1) is 34.1 Å². The summed E-state index contributed by atoms with van der Waals surface area (Å²) in [5.41, 5.74) is 3.21. The average molecular weight is 346 g/mol. The number of nitrogens with zero attached hydrogens (tertiary/aromatic N) is 4. The van der Waals surface area contributed by atoms with E-state index in [1.165, 1.54) is 0 Å². The summed E-state index contributed by atoms with van der Waals surface area (Å²) in [6.07, 6.45) is 0.884. The molecule has 0 aromatic carbocycles. The van der Waals surface area contributed by atoms with Gasteiger partial charge < -0.3 is 14.6 Å². The van der Waals surface area contributed by atoms with Crippen molar-refractivity contribution in [3.8, 4) is 6.07 Å². The van der Waals surface area contributed by atoms with E-state index >= 15 is 0 Å². The fourth-order valence-electron chi connectivity index (χ4n) is 3.08. The van der Waals surface area contributed by atoms with Gasteiger partial charge in [0.15, 0.2) is 0 Å². The predicted molar refractivity (Wildman–Crippen MR) is 92.3 cm³/mol. The molecule has 1 saturated heterocycles. The standard InChI is InChI=1S/C17H20ClN5O/c1-9-10(2)21-16(20-9)15-6-13(24-4)8-23(15)17-14(18)5-12(7-19)11(3)22-17/h5,13,15H,6,8H2,1-4H3,(H,20,21)/t13-,15+/m1/s1. The van der Waals surface area contributed by atoms with Gasteiger partial charge in [-0.25, -0.2) is 9.97 Å². The van der Waals surface area contributed by atoms with Crippen molar-refractivity contribution in [1.82, 2.24) is 15.0 Å². The Labute approximate surface area is 146 Å². The molecule has 24 heavy (non-hydrogen) atoms. The van der Waals surface area contributed by atoms with Crippen LogP contribution in [-0.4, -0.2) is 34.7 Å². The van der Waals surface area contributed by atoms with E-state index in [4.69, 9.17) is 21.6 Å². The molecule has 3 rings (SSSR count). The number of hydrogen-bond donors (Lipinski definition) is 1. The van der Waals surface area contributed by atoms with Crippen LogP contribution in [0.5, 0.6) is 0 Å². The third-order valence-electron chi connectivity index (χ3n) is 4.60. The number of aromatic amines is 1. The third-order valence-corrected chi connectivity index (χ3v) is 4.88. The van der Waals surface area contributed by atoms with Crippen molar-refractivity contribution in [2.45, 2.75) is 39.3 Å². The summed E-state index contributed by atoms with van der Waals surface area (Å²) in [4.78, 5) is 14.7. The van der Waals surface area contributed by atoms with Gasteiger partial charge in [-0.2, -0.15) is 5.26 Å². The molecular formula is C17H20ClN5O. The highest BCUT2D eigenvalue weighted by molar-refractivity contribution is 6.33. The van der Waals surface area contributed by atoms with Gasteiger partial charge >= 0.3 is 0 Å². The smallest absolute Gasteiger partial charge is 0.148 e. The van der Waals surface area contributed by atoms with Crippen LogP contribution in [0.15, 0.2) is 6.07 Å². The average Bonchev–Trinajstić information content (AvgIpc) is 3.13. The Morgan fingerprint density at radius 3 is 2.67 bits per heavy atom. The van der Waals surface area contributed by atoms with Crippen molar-refractivity contribution < 1.29 is 4.74 Å². The number of aromatic nitrogens is 3. The first-order valence-corrected chi connectivity index (χ1v) is 8.22. The highest BCUT2D eigenvalue weighted by Gasteiger charge is 2.37. The van der Waals surface area contributed by atoms with Crippen LogP contribution >= 0.6 is 11.6 Å². The molecule has 3 heterocycles. The van der Waals surface area contributed by atoms with Crippen LogP contribution in [0.4, 0.5) is 5.82 Å². The molecule has 0 spiro atoms. The molecule has 0 amide bonds. The number of methoxy groups -OCH3 is 1. The summed E-state index contributed by atoms with van der Waals surface area (Å²) in [6.45, 7) is 6.49. The maximum atomic E-state index is 9.15. The van der Waals surface area contributed by atoms with Gasteiger partial charge in [0, 0.05) is 25.8 Å². The van der Waals surface area contributed by atoms with Crippen molar-refractivity contribution in [2.24, 2.45) is 0 Å². The quantitative estimate of drug-likeness (QED) is 0.924. The SMILES string of the molecule is CO[C@@H]1C[C@@H](c2nc(C)c(C)[nH]2)N(c2nc(C)c(C#N)cc2Cl)C1. The summed E-state index contributed by atoms with van der Waals surface area (Å²) in [6, 6.07) is 3.81. The van der Waals surface area contributed by atoms with Gasteiger partial charge in [0.2, 0.25) is 0 Å². The zero-order valence-corrected chi connectivity index (χ0v) is 15.0. The summed E-state index contributed by atoms with van der Waals surface area (Å²) in [5.74, 6) is 1.56. The maximum absolute atomic E-state index is 9.15. The normalized spacial score (nSPS) is 20.4. The second kappa shape index (κ2) is 6.42. The zero-order chi connectivity index (χ0) is 17.4. The third kappa shape index (κ3) is 2.85. The van der Waals surface area contributed by atoms with Crippen LogP contribution in [0.25, 0.3) is 0 Å². The number of hydrogen-bond acceptors (Lipinski definition) is 5. The summed E-state index contributed by atoms with van der Waals surface area (Å²) < 4.78 is 5.56. The molecule has 2 atom stereocenters. The minimum absolute atomic E-state index is 0.0136. The van der Waals surface area contributed by atoms with E-state index in [1.807, 2.05) is 20.8 Å². The van der Waals surface area contributed by atoms with Crippen LogP contribution in [0.2, 0.25) is 5.02 Å². The highest BCUT2D eigenvalue weighted by Crippen LogP contribution is 2.39. The van der Waals surface area contributed by atoms with E-state index < -0.39 is 0 Å². The molecule has 0 bridgehead atoms. The number of nitriles is 1. The number of ether oxygens (including phenoxy) is 1. The number of H-pyrrole nitrogens is 1. The van der Waals surface area contributed by atoms with E-state index in [2.05, 4.69) is 25.9 Å². The largest absolute Gasteiger partial charge is 0.380 e. The van der Waals surface area contributed by atoms with Crippen LogP contribution < -0.4 is 4.90 Å². The van der Waals surface area contributed by atoms with Crippen molar-refractivity contribution >= 4 is 17.4 Å². The lowest BCUT2D eigenvalue weighted by atomic mass is 10.2. The van der Waals surface area contributed by atoms with Crippen LogP contribution in [0.1, 0.15) is 40.9 Å². The molecule has 126 valence electrons. The Hall–Kier alpha value is -2.10. The first kappa shape index (κ1) is 16.7. The molecule has 1 fully saturated rings. The summed E-state index contributed by atoms with van der Waals surface area (Å²) in [7, 11) is 1.71. The molecule has 0 radical (unpaired) electrons. The zero-order valence-electron chi connectivity index (χ0n) is 14.2. The number of pyridine rings is 1. The van der Waals surface area contributed by atoms with E-state index in [0.29, 0.717) is 28.6 Å².